The van der Waals surface area contributed by atoms with Crippen LogP contribution in [0.15, 0.2) is 39.8 Å². The third-order valence-electron chi connectivity index (χ3n) is 5.22. The van der Waals surface area contributed by atoms with Crippen molar-refractivity contribution >= 4 is 39.2 Å². The zero-order valence-electron chi connectivity index (χ0n) is 18.7. The van der Waals surface area contributed by atoms with E-state index in [4.69, 9.17) is 9.15 Å². The Morgan fingerprint density at radius 3 is 2.42 bits per heavy atom. The summed E-state index contributed by atoms with van der Waals surface area (Å²) in [7, 11) is -3.94. The second-order valence-electron chi connectivity index (χ2n) is 7.74. The number of hydrogen-bond acceptors (Lipinski definition) is 7. The van der Waals surface area contributed by atoms with E-state index in [1.165, 1.54) is 23.4 Å². The number of nitrogens with one attached hydrogen (secondary N) is 2. The van der Waals surface area contributed by atoms with Gasteiger partial charge in [0.25, 0.3) is 10.0 Å². The normalized spacial score (nSPS) is 15.1. The predicted molar refractivity (Wildman–Crippen MR) is 120 cm³/mol. The van der Waals surface area contributed by atoms with Gasteiger partial charge in [-0.25, -0.2) is 13.2 Å². The maximum atomic E-state index is 12.9. The lowest BCUT2D eigenvalue weighted by atomic mass is 9.97. The molecular weight excluding hydrogens is 450 g/mol. The van der Waals surface area contributed by atoms with E-state index in [9.17, 15) is 22.8 Å². The molecule has 1 saturated heterocycles. The quantitative estimate of drug-likeness (QED) is 0.586. The number of esters is 1. The molecular formula is C22H27N3O7S. The van der Waals surface area contributed by atoms with Crippen LogP contribution in [0.25, 0.3) is 0 Å². The van der Waals surface area contributed by atoms with E-state index in [1.54, 1.807) is 19.1 Å². The summed E-state index contributed by atoms with van der Waals surface area (Å²) in [6.45, 7) is 5.30. The molecule has 0 aliphatic carbocycles. The van der Waals surface area contributed by atoms with Crippen molar-refractivity contribution in [1.29, 1.82) is 0 Å². The van der Waals surface area contributed by atoms with E-state index >= 15 is 0 Å². The van der Waals surface area contributed by atoms with Gasteiger partial charge < -0.3 is 19.8 Å². The van der Waals surface area contributed by atoms with Crippen molar-refractivity contribution in [2.45, 2.75) is 38.7 Å². The van der Waals surface area contributed by atoms with Gasteiger partial charge in [0.05, 0.1) is 18.0 Å². The molecule has 0 atom stereocenters. The number of rotatable bonds is 7. The second kappa shape index (κ2) is 10.2. The molecule has 1 aromatic heterocycles. The number of piperidine rings is 1. The number of anilines is 2. The minimum absolute atomic E-state index is 0.127. The Balaban J connectivity index is 1.64. The van der Waals surface area contributed by atoms with E-state index in [2.05, 4.69) is 10.6 Å². The van der Waals surface area contributed by atoms with Crippen molar-refractivity contribution in [2.75, 3.05) is 30.3 Å². The number of aryl methyl sites for hydroxylation is 1. The smallest absolute Gasteiger partial charge is 0.374 e. The first-order chi connectivity index (χ1) is 15.6. The fraction of sp³-hybridized carbons (Fsp3) is 0.409. The Bertz CT molecular complexity index is 1150. The first-order valence-corrected chi connectivity index (χ1v) is 12.0. The van der Waals surface area contributed by atoms with Crippen LogP contribution in [0.3, 0.4) is 0 Å². The largest absolute Gasteiger partial charge is 0.460 e. The van der Waals surface area contributed by atoms with Gasteiger partial charge in [-0.05, 0) is 56.5 Å². The van der Waals surface area contributed by atoms with Gasteiger partial charge in [0.1, 0.15) is 0 Å². The molecule has 1 aliphatic rings. The van der Waals surface area contributed by atoms with Crippen LogP contribution in [0.5, 0.6) is 0 Å². The molecule has 0 unspecified atom stereocenters. The highest BCUT2D eigenvalue weighted by Crippen LogP contribution is 2.28. The summed E-state index contributed by atoms with van der Waals surface area (Å²) in [5.41, 5.74) is 1.91. The highest BCUT2D eigenvalue weighted by molar-refractivity contribution is 7.89. The van der Waals surface area contributed by atoms with Crippen LogP contribution in [-0.4, -0.2) is 50.2 Å². The van der Waals surface area contributed by atoms with E-state index in [1.807, 2.05) is 13.0 Å². The molecule has 0 saturated carbocycles. The Hall–Kier alpha value is -3.18. The summed E-state index contributed by atoms with van der Waals surface area (Å²) in [4.78, 5) is 36.0. The monoisotopic (exact) mass is 477 g/mol. The molecule has 33 heavy (non-hydrogen) atoms. The minimum Gasteiger partial charge on any atom is -0.460 e. The summed E-state index contributed by atoms with van der Waals surface area (Å²) in [6.07, 6.45) is 0.635. The molecule has 1 aliphatic heterocycles. The fourth-order valence-electron chi connectivity index (χ4n) is 3.55. The summed E-state index contributed by atoms with van der Waals surface area (Å²) in [5.74, 6) is -1.81. The van der Waals surface area contributed by atoms with Crippen LogP contribution in [0.4, 0.5) is 11.4 Å². The number of sulfonamides is 1. The molecule has 11 heteroatoms. The zero-order chi connectivity index (χ0) is 24.2. The van der Waals surface area contributed by atoms with Crippen molar-refractivity contribution in [3.63, 3.8) is 0 Å². The minimum atomic E-state index is -3.94. The zero-order valence-corrected chi connectivity index (χ0v) is 19.5. The highest BCUT2D eigenvalue weighted by atomic mass is 32.2. The van der Waals surface area contributed by atoms with Crippen molar-refractivity contribution in [1.82, 2.24) is 4.31 Å². The molecule has 2 aromatic rings. The van der Waals surface area contributed by atoms with Gasteiger partial charge in [0.15, 0.2) is 0 Å². The number of carbonyl (C=O) groups is 3. The molecule has 0 radical (unpaired) electrons. The summed E-state index contributed by atoms with van der Waals surface area (Å²) in [5, 5.41) is 5.20. The van der Waals surface area contributed by atoms with Crippen LogP contribution in [-0.2, 0) is 24.3 Å². The molecule has 0 spiro atoms. The van der Waals surface area contributed by atoms with E-state index in [0.717, 1.165) is 5.56 Å². The van der Waals surface area contributed by atoms with Crippen molar-refractivity contribution in [2.24, 2.45) is 5.92 Å². The van der Waals surface area contributed by atoms with Crippen molar-refractivity contribution in [3.05, 3.63) is 41.7 Å². The van der Waals surface area contributed by atoms with Crippen LogP contribution < -0.4 is 10.6 Å². The molecule has 2 amide bonds. The maximum absolute atomic E-state index is 12.9. The molecule has 3 rings (SSSR count). The lowest BCUT2D eigenvalue weighted by Gasteiger charge is -2.30. The number of benzene rings is 1. The fourth-order valence-corrected chi connectivity index (χ4v) is 4.93. The van der Waals surface area contributed by atoms with Gasteiger partial charge in [-0.2, -0.15) is 4.31 Å². The summed E-state index contributed by atoms with van der Waals surface area (Å²) < 4.78 is 37.0. The van der Waals surface area contributed by atoms with Gasteiger partial charge in [-0.1, -0.05) is 6.07 Å². The van der Waals surface area contributed by atoms with E-state index < -0.39 is 21.9 Å². The third kappa shape index (κ3) is 5.79. The molecule has 2 heterocycles. The Morgan fingerprint density at radius 1 is 1.09 bits per heavy atom. The van der Waals surface area contributed by atoms with Crippen LogP contribution >= 0.6 is 0 Å². The Kier molecular flexibility index (Phi) is 7.54. The van der Waals surface area contributed by atoms with Gasteiger partial charge in [0, 0.05) is 25.9 Å². The number of hydrogen-bond donors (Lipinski definition) is 2. The lowest BCUT2D eigenvalue weighted by molar-refractivity contribution is -0.121. The van der Waals surface area contributed by atoms with Crippen molar-refractivity contribution < 1.29 is 32.0 Å². The first-order valence-electron chi connectivity index (χ1n) is 10.6. The first kappa shape index (κ1) is 24.5. The SMILES string of the molecule is CCOC(=O)c1ccc(S(=O)(=O)N2CCC(C(=O)Nc3cc(C)ccc3NC(C)=O)CC2)o1. The van der Waals surface area contributed by atoms with Crippen LogP contribution in [0.1, 0.15) is 42.8 Å². The van der Waals surface area contributed by atoms with Crippen LogP contribution in [0.2, 0.25) is 0 Å². The Morgan fingerprint density at radius 2 is 1.79 bits per heavy atom. The van der Waals surface area contributed by atoms with Crippen molar-refractivity contribution in [3.8, 4) is 0 Å². The molecule has 2 N–H and O–H groups in total. The molecule has 178 valence electrons. The standard InChI is InChI=1S/C22H27N3O7S/c1-4-31-22(28)19-7-8-20(32-19)33(29,30)25-11-9-16(10-12-25)21(27)24-18-13-14(2)5-6-17(18)23-15(3)26/h5-8,13,16H,4,9-12H2,1-3H3,(H,23,26)(H,24,27). The van der Waals surface area contributed by atoms with Gasteiger partial charge in [-0.15, -0.1) is 0 Å². The van der Waals surface area contributed by atoms with Gasteiger partial charge in [-0.3, -0.25) is 9.59 Å². The third-order valence-corrected chi connectivity index (χ3v) is 6.99. The maximum Gasteiger partial charge on any atom is 0.374 e. The van der Waals surface area contributed by atoms with E-state index in [-0.39, 0.29) is 42.4 Å². The number of nitrogens with zero attached hydrogens (tertiary/aromatic N) is 1. The number of ether oxygens (including phenoxy) is 1. The lowest BCUT2D eigenvalue weighted by Crippen LogP contribution is -2.41. The average molecular weight is 478 g/mol. The molecule has 1 aromatic carbocycles. The Labute approximate surface area is 192 Å². The average Bonchev–Trinajstić information content (AvgIpc) is 3.27. The number of furan rings is 1. The van der Waals surface area contributed by atoms with Gasteiger partial charge in [0.2, 0.25) is 22.7 Å². The molecule has 1 fully saturated rings. The molecule has 0 bridgehead atoms. The van der Waals surface area contributed by atoms with E-state index in [0.29, 0.717) is 24.2 Å². The highest BCUT2D eigenvalue weighted by Gasteiger charge is 2.34. The van der Waals surface area contributed by atoms with Gasteiger partial charge >= 0.3 is 5.97 Å². The summed E-state index contributed by atoms with van der Waals surface area (Å²) in [6, 6.07) is 7.80. The second-order valence-corrected chi connectivity index (χ2v) is 9.61. The number of carbonyl (C=O) groups excluding carboxylic acids is 3. The number of amides is 2. The summed E-state index contributed by atoms with van der Waals surface area (Å²) >= 11 is 0. The predicted octanol–water partition coefficient (Wildman–Crippen LogP) is 2.76. The van der Waals surface area contributed by atoms with Crippen LogP contribution in [0, 0.1) is 12.8 Å². The topological polar surface area (TPSA) is 135 Å². The molecule has 10 nitrogen and oxygen atoms in total.